The minimum absolute atomic E-state index is 0.0736. The molecule has 1 aromatic carbocycles. The van der Waals surface area contributed by atoms with Crippen LogP contribution in [-0.4, -0.2) is 49.4 Å². The lowest BCUT2D eigenvalue weighted by Gasteiger charge is -2.14. The Morgan fingerprint density at radius 2 is 1.93 bits per heavy atom. The summed E-state index contributed by atoms with van der Waals surface area (Å²) in [5, 5.41) is 5.68. The molecule has 2 rings (SSSR count). The third kappa shape index (κ3) is 6.65. The predicted molar refractivity (Wildman–Crippen MR) is 95.0 cm³/mol. The zero-order valence-electron chi connectivity index (χ0n) is 15.1. The first-order chi connectivity index (χ1) is 12.6. The van der Waals surface area contributed by atoms with Crippen molar-refractivity contribution in [2.24, 2.45) is 0 Å². The number of hydrogen-bond acceptors (Lipinski definition) is 6. The molecule has 0 fully saturated rings. The standard InChI is InChI=1S/C17H20F3N5O2/c1-11-23-14(10-15(24-11)25(2)3)21-7-8-22-16(26)12-5-4-6-13(9-12)27-17(18,19)20/h4-6,9-10H,7-8H2,1-3H3,(H,22,26)(H,21,23,24). The van der Waals surface area contributed by atoms with Crippen LogP contribution in [-0.2, 0) is 0 Å². The van der Waals surface area contributed by atoms with Crippen LogP contribution in [0.1, 0.15) is 16.2 Å². The molecule has 1 amide bonds. The van der Waals surface area contributed by atoms with Gasteiger partial charge in [-0.15, -0.1) is 13.2 Å². The highest BCUT2D eigenvalue weighted by molar-refractivity contribution is 5.94. The first-order valence-electron chi connectivity index (χ1n) is 8.05. The summed E-state index contributed by atoms with van der Waals surface area (Å²) in [6.45, 7) is 2.41. The Hall–Kier alpha value is -3.04. The molecule has 0 aliphatic rings. The Kier molecular flexibility index (Phi) is 6.43. The van der Waals surface area contributed by atoms with Crippen LogP contribution in [0, 0.1) is 6.92 Å². The number of carbonyl (C=O) groups excluding carboxylic acids is 1. The molecule has 0 aliphatic carbocycles. The number of halogens is 3. The summed E-state index contributed by atoms with van der Waals surface area (Å²) in [5.41, 5.74) is 0.0736. The summed E-state index contributed by atoms with van der Waals surface area (Å²) in [4.78, 5) is 22.4. The molecule has 1 aromatic heterocycles. The van der Waals surface area contributed by atoms with E-state index in [4.69, 9.17) is 0 Å². The van der Waals surface area contributed by atoms with Gasteiger partial charge in [0, 0.05) is 38.8 Å². The van der Waals surface area contributed by atoms with Crippen LogP contribution in [0.5, 0.6) is 5.75 Å². The van der Waals surface area contributed by atoms with E-state index in [0.29, 0.717) is 18.2 Å². The molecule has 0 unspecified atom stereocenters. The lowest BCUT2D eigenvalue weighted by molar-refractivity contribution is -0.274. The molecule has 0 saturated heterocycles. The second-order valence-electron chi connectivity index (χ2n) is 5.81. The van der Waals surface area contributed by atoms with Crippen molar-refractivity contribution in [3.8, 4) is 5.75 Å². The van der Waals surface area contributed by atoms with E-state index in [9.17, 15) is 18.0 Å². The Morgan fingerprint density at radius 1 is 1.19 bits per heavy atom. The van der Waals surface area contributed by atoms with Gasteiger partial charge in [0.15, 0.2) is 0 Å². The van der Waals surface area contributed by atoms with Crippen molar-refractivity contribution >= 4 is 17.5 Å². The van der Waals surface area contributed by atoms with Gasteiger partial charge in [0.25, 0.3) is 5.91 Å². The van der Waals surface area contributed by atoms with Crippen LogP contribution < -0.4 is 20.3 Å². The minimum Gasteiger partial charge on any atom is -0.406 e. The first kappa shape index (κ1) is 20.3. The van der Waals surface area contributed by atoms with Crippen LogP contribution >= 0.6 is 0 Å². The number of amides is 1. The van der Waals surface area contributed by atoms with Crippen molar-refractivity contribution in [2.75, 3.05) is 37.4 Å². The number of hydrogen-bond donors (Lipinski definition) is 2. The van der Waals surface area contributed by atoms with Crippen molar-refractivity contribution < 1.29 is 22.7 Å². The molecule has 0 radical (unpaired) electrons. The molecule has 10 heteroatoms. The predicted octanol–water partition coefficient (Wildman–Crippen LogP) is 2.59. The van der Waals surface area contributed by atoms with E-state index in [1.165, 1.54) is 12.1 Å². The monoisotopic (exact) mass is 383 g/mol. The van der Waals surface area contributed by atoms with Crippen LogP contribution in [0.25, 0.3) is 0 Å². The van der Waals surface area contributed by atoms with E-state index in [2.05, 4.69) is 25.3 Å². The van der Waals surface area contributed by atoms with Crippen molar-refractivity contribution in [1.82, 2.24) is 15.3 Å². The normalized spacial score (nSPS) is 11.0. The maximum atomic E-state index is 12.2. The molecule has 0 atom stereocenters. The molecule has 0 aliphatic heterocycles. The van der Waals surface area contributed by atoms with Crippen molar-refractivity contribution in [2.45, 2.75) is 13.3 Å². The van der Waals surface area contributed by atoms with E-state index in [0.717, 1.165) is 18.0 Å². The van der Waals surface area contributed by atoms with Gasteiger partial charge in [-0.2, -0.15) is 0 Å². The summed E-state index contributed by atoms with van der Waals surface area (Å²) in [7, 11) is 3.73. The lowest BCUT2D eigenvalue weighted by atomic mass is 10.2. The van der Waals surface area contributed by atoms with Crippen LogP contribution in [0.4, 0.5) is 24.8 Å². The molecule has 0 saturated carbocycles. The SMILES string of the molecule is Cc1nc(NCCNC(=O)c2cccc(OC(F)(F)F)c2)cc(N(C)C)n1. The summed E-state index contributed by atoms with van der Waals surface area (Å²) in [6.07, 6.45) is -4.81. The molecule has 0 bridgehead atoms. The average Bonchev–Trinajstić information content (AvgIpc) is 2.56. The number of alkyl halides is 3. The largest absolute Gasteiger partial charge is 0.573 e. The molecular formula is C17H20F3N5O2. The number of benzene rings is 1. The summed E-state index contributed by atoms with van der Waals surface area (Å²) >= 11 is 0. The smallest absolute Gasteiger partial charge is 0.406 e. The molecule has 1 heterocycles. The molecule has 2 N–H and O–H groups in total. The van der Waals surface area contributed by atoms with E-state index in [-0.39, 0.29) is 12.1 Å². The van der Waals surface area contributed by atoms with E-state index >= 15 is 0 Å². The molecule has 2 aromatic rings. The van der Waals surface area contributed by atoms with E-state index < -0.39 is 18.0 Å². The van der Waals surface area contributed by atoms with Gasteiger partial charge in [-0.1, -0.05) is 6.07 Å². The van der Waals surface area contributed by atoms with Crippen LogP contribution in [0.15, 0.2) is 30.3 Å². The zero-order chi connectivity index (χ0) is 20.0. The van der Waals surface area contributed by atoms with Gasteiger partial charge in [-0.3, -0.25) is 4.79 Å². The van der Waals surface area contributed by atoms with Gasteiger partial charge in [0.1, 0.15) is 23.2 Å². The topological polar surface area (TPSA) is 79.4 Å². The highest BCUT2D eigenvalue weighted by Crippen LogP contribution is 2.23. The van der Waals surface area contributed by atoms with Gasteiger partial charge in [0.05, 0.1) is 0 Å². The number of ether oxygens (including phenoxy) is 1. The van der Waals surface area contributed by atoms with E-state index in [1.807, 2.05) is 19.0 Å². The van der Waals surface area contributed by atoms with E-state index in [1.54, 1.807) is 13.0 Å². The van der Waals surface area contributed by atoms with Gasteiger partial charge in [0.2, 0.25) is 0 Å². The Labute approximate surface area is 154 Å². The Balaban J connectivity index is 1.87. The first-order valence-corrected chi connectivity index (χ1v) is 8.05. The van der Waals surface area contributed by atoms with Gasteiger partial charge < -0.3 is 20.3 Å². The minimum atomic E-state index is -4.81. The number of aromatic nitrogens is 2. The second-order valence-corrected chi connectivity index (χ2v) is 5.81. The molecule has 7 nitrogen and oxygen atoms in total. The maximum Gasteiger partial charge on any atom is 0.573 e. The summed E-state index contributed by atoms with van der Waals surface area (Å²) in [6, 6.07) is 6.66. The van der Waals surface area contributed by atoms with Crippen molar-refractivity contribution in [1.29, 1.82) is 0 Å². The van der Waals surface area contributed by atoms with Crippen molar-refractivity contribution in [3.63, 3.8) is 0 Å². The molecule has 0 spiro atoms. The molecular weight excluding hydrogens is 363 g/mol. The van der Waals surface area contributed by atoms with Gasteiger partial charge in [-0.05, 0) is 25.1 Å². The number of nitrogens with zero attached hydrogens (tertiary/aromatic N) is 3. The fourth-order valence-corrected chi connectivity index (χ4v) is 2.17. The number of nitrogens with one attached hydrogen (secondary N) is 2. The highest BCUT2D eigenvalue weighted by atomic mass is 19.4. The van der Waals surface area contributed by atoms with Crippen molar-refractivity contribution in [3.05, 3.63) is 41.7 Å². The van der Waals surface area contributed by atoms with Crippen LogP contribution in [0.3, 0.4) is 0 Å². The number of anilines is 2. The fraction of sp³-hybridized carbons (Fsp3) is 0.353. The van der Waals surface area contributed by atoms with Crippen LogP contribution in [0.2, 0.25) is 0 Å². The second kappa shape index (κ2) is 8.56. The number of carbonyl (C=O) groups is 1. The third-order valence-electron chi connectivity index (χ3n) is 3.33. The number of aryl methyl sites for hydroxylation is 1. The molecule has 27 heavy (non-hydrogen) atoms. The fourth-order valence-electron chi connectivity index (χ4n) is 2.17. The third-order valence-corrected chi connectivity index (χ3v) is 3.33. The highest BCUT2D eigenvalue weighted by Gasteiger charge is 2.31. The number of rotatable bonds is 7. The summed E-state index contributed by atoms with van der Waals surface area (Å²) < 4.78 is 40.5. The lowest BCUT2D eigenvalue weighted by Crippen LogP contribution is -2.29. The quantitative estimate of drug-likeness (QED) is 0.716. The Bertz CT molecular complexity index is 796. The Morgan fingerprint density at radius 3 is 2.59 bits per heavy atom. The average molecular weight is 383 g/mol. The van der Waals surface area contributed by atoms with Gasteiger partial charge >= 0.3 is 6.36 Å². The van der Waals surface area contributed by atoms with Gasteiger partial charge in [-0.25, -0.2) is 9.97 Å². The zero-order valence-corrected chi connectivity index (χ0v) is 15.1. The summed E-state index contributed by atoms with van der Waals surface area (Å²) in [5.74, 6) is 1.02. The maximum absolute atomic E-state index is 12.2. The molecule has 146 valence electrons.